The first-order valence-corrected chi connectivity index (χ1v) is 8.30. The Morgan fingerprint density at radius 2 is 1.70 bits per heavy atom. The Morgan fingerprint density at radius 1 is 1.00 bits per heavy atom. The molecule has 2 rings (SSSR count). The second-order valence-corrected chi connectivity index (χ2v) is 5.54. The molecule has 0 radical (unpaired) electrons. The van der Waals surface area contributed by atoms with Crippen molar-refractivity contribution in [3.63, 3.8) is 0 Å². The van der Waals surface area contributed by atoms with Crippen LogP contribution in [0.1, 0.15) is 31.4 Å². The minimum atomic E-state index is -0.446. The van der Waals surface area contributed by atoms with E-state index in [1.165, 1.54) is 11.1 Å². The van der Waals surface area contributed by atoms with Crippen LogP contribution in [0.3, 0.4) is 0 Å². The van der Waals surface area contributed by atoms with Gasteiger partial charge >= 0.3 is 0 Å². The number of carbonyl (C=O) groups is 1. The van der Waals surface area contributed by atoms with E-state index < -0.39 is 6.10 Å². The highest BCUT2D eigenvalue weighted by Crippen LogP contribution is 2.15. The molecule has 1 N–H and O–H groups in total. The fourth-order valence-electron chi connectivity index (χ4n) is 2.38. The molecule has 0 aliphatic carbocycles. The van der Waals surface area contributed by atoms with Crippen LogP contribution in [0.5, 0.6) is 5.75 Å². The summed E-state index contributed by atoms with van der Waals surface area (Å²) in [6, 6.07) is 18.1. The SMILES string of the molecule is CCc1ccc(OC(CC)C(=O)NCCc2ccccc2)cc1. The average Bonchev–Trinajstić information content (AvgIpc) is 2.61. The molecule has 0 aliphatic heterocycles. The number of nitrogens with one attached hydrogen (secondary N) is 1. The molecule has 1 unspecified atom stereocenters. The molecule has 0 bridgehead atoms. The maximum Gasteiger partial charge on any atom is 0.261 e. The van der Waals surface area contributed by atoms with Crippen molar-refractivity contribution in [1.29, 1.82) is 0 Å². The molecule has 0 aromatic heterocycles. The van der Waals surface area contributed by atoms with Crippen molar-refractivity contribution in [3.8, 4) is 5.75 Å². The van der Waals surface area contributed by atoms with Gasteiger partial charge in [0.25, 0.3) is 5.91 Å². The number of rotatable bonds is 8. The maximum absolute atomic E-state index is 12.3. The van der Waals surface area contributed by atoms with E-state index in [2.05, 4.69) is 24.4 Å². The van der Waals surface area contributed by atoms with Crippen molar-refractivity contribution in [2.24, 2.45) is 0 Å². The third-order valence-corrected chi connectivity index (χ3v) is 3.83. The van der Waals surface area contributed by atoms with Crippen LogP contribution in [-0.4, -0.2) is 18.6 Å². The van der Waals surface area contributed by atoms with Gasteiger partial charge < -0.3 is 10.1 Å². The summed E-state index contributed by atoms with van der Waals surface area (Å²) < 4.78 is 5.82. The topological polar surface area (TPSA) is 38.3 Å². The normalized spacial score (nSPS) is 11.7. The van der Waals surface area contributed by atoms with Crippen LogP contribution >= 0.6 is 0 Å². The van der Waals surface area contributed by atoms with Gasteiger partial charge in [-0.05, 0) is 42.5 Å². The second kappa shape index (κ2) is 8.99. The number of benzene rings is 2. The Kier molecular flexibility index (Phi) is 6.67. The minimum Gasteiger partial charge on any atom is -0.481 e. The average molecular weight is 311 g/mol. The van der Waals surface area contributed by atoms with Gasteiger partial charge in [0.1, 0.15) is 5.75 Å². The summed E-state index contributed by atoms with van der Waals surface area (Å²) in [4.78, 5) is 12.3. The van der Waals surface area contributed by atoms with E-state index in [0.29, 0.717) is 13.0 Å². The summed E-state index contributed by atoms with van der Waals surface area (Å²) in [7, 11) is 0. The lowest BCUT2D eigenvalue weighted by Gasteiger charge is -2.17. The predicted molar refractivity (Wildman–Crippen MR) is 93.7 cm³/mol. The molecule has 0 saturated heterocycles. The monoisotopic (exact) mass is 311 g/mol. The molecule has 1 amide bonds. The highest BCUT2D eigenvalue weighted by Gasteiger charge is 2.17. The number of aryl methyl sites for hydroxylation is 1. The van der Waals surface area contributed by atoms with Crippen molar-refractivity contribution in [1.82, 2.24) is 5.32 Å². The van der Waals surface area contributed by atoms with Gasteiger partial charge in [0, 0.05) is 6.54 Å². The van der Waals surface area contributed by atoms with Crippen LogP contribution in [0.2, 0.25) is 0 Å². The Bertz CT molecular complexity index is 593. The molecule has 122 valence electrons. The van der Waals surface area contributed by atoms with Crippen molar-refractivity contribution >= 4 is 5.91 Å². The van der Waals surface area contributed by atoms with Gasteiger partial charge in [-0.1, -0.05) is 56.3 Å². The fourth-order valence-corrected chi connectivity index (χ4v) is 2.38. The molecule has 3 nitrogen and oxygen atoms in total. The van der Waals surface area contributed by atoms with Crippen LogP contribution in [0.15, 0.2) is 54.6 Å². The molecular weight excluding hydrogens is 286 g/mol. The summed E-state index contributed by atoms with van der Waals surface area (Å²) in [6.45, 7) is 4.70. The summed E-state index contributed by atoms with van der Waals surface area (Å²) in [5.41, 5.74) is 2.48. The molecule has 3 heteroatoms. The van der Waals surface area contributed by atoms with Crippen molar-refractivity contribution < 1.29 is 9.53 Å². The van der Waals surface area contributed by atoms with E-state index >= 15 is 0 Å². The molecule has 0 aliphatic rings. The Morgan fingerprint density at radius 3 is 2.30 bits per heavy atom. The van der Waals surface area contributed by atoms with Gasteiger partial charge in [-0.2, -0.15) is 0 Å². The van der Waals surface area contributed by atoms with E-state index in [9.17, 15) is 4.79 Å². The highest BCUT2D eigenvalue weighted by molar-refractivity contribution is 5.81. The lowest BCUT2D eigenvalue weighted by atomic mass is 10.1. The van der Waals surface area contributed by atoms with Crippen molar-refractivity contribution in [2.45, 2.75) is 39.2 Å². The predicted octanol–water partition coefficient (Wildman–Crippen LogP) is 3.77. The Labute approximate surface area is 138 Å². The zero-order chi connectivity index (χ0) is 16.5. The zero-order valence-corrected chi connectivity index (χ0v) is 13.9. The standard InChI is InChI=1S/C20H25NO2/c1-3-16-10-12-18(13-11-16)23-19(4-2)20(22)21-15-14-17-8-6-5-7-9-17/h5-13,19H,3-4,14-15H2,1-2H3,(H,21,22). The smallest absolute Gasteiger partial charge is 0.261 e. The molecular formula is C20H25NO2. The second-order valence-electron chi connectivity index (χ2n) is 5.54. The molecule has 0 heterocycles. The molecule has 2 aromatic rings. The Balaban J connectivity index is 1.82. The molecule has 0 spiro atoms. The highest BCUT2D eigenvalue weighted by atomic mass is 16.5. The molecule has 1 atom stereocenters. The van der Waals surface area contributed by atoms with Crippen molar-refractivity contribution in [2.75, 3.05) is 6.54 Å². The van der Waals surface area contributed by atoms with E-state index in [1.54, 1.807) is 0 Å². The number of ether oxygens (including phenoxy) is 1. The quantitative estimate of drug-likeness (QED) is 0.806. The number of hydrogen-bond acceptors (Lipinski definition) is 2. The van der Waals surface area contributed by atoms with Crippen LogP contribution in [0, 0.1) is 0 Å². The first kappa shape index (κ1) is 17.1. The first-order chi connectivity index (χ1) is 11.2. The summed E-state index contributed by atoms with van der Waals surface area (Å²) in [5, 5.41) is 2.96. The molecule has 0 saturated carbocycles. The minimum absolute atomic E-state index is 0.0528. The molecule has 23 heavy (non-hydrogen) atoms. The van der Waals surface area contributed by atoms with Crippen LogP contribution < -0.4 is 10.1 Å². The lowest BCUT2D eigenvalue weighted by Crippen LogP contribution is -2.38. The summed E-state index contributed by atoms with van der Waals surface area (Å²) >= 11 is 0. The zero-order valence-electron chi connectivity index (χ0n) is 13.9. The van der Waals surface area contributed by atoms with Gasteiger partial charge in [-0.25, -0.2) is 0 Å². The molecule has 2 aromatic carbocycles. The van der Waals surface area contributed by atoms with E-state index in [0.717, 1.165) is 18.6 Å². The third kappa shape index (κ3) is 5.44. The van der Waals surface area contributed by atoms with E-state index in [4.69, 9.17) is 4.74 Å². The number of amides is 1. The Hall–Kier alpha value is -2.29. The fraction of sp³-hybridized carbons (Fsp3) is 0.350. The van der Waals surface area contributed by atoms with Gasteiger partial charge in [0.05, 0.1) is 0 Å². The molecule has 0 fully saturated rings. The van der Waals surface area contributed by atoms with E-state index in [-0.39, 0.29) is 5.91 Å². The maximum atomic E-state index is 12.3. The number of carbonyl (C=O) groups excluding carboxylic acids is 1. The van der Waals surface area contributed by atoms with E-state index in [1.807, 2.05) is 49.4 Å². The van der Waals surface area contributed by atoms with Crippen LogP contribution in [-0.2, 0) is 17.6 Å². The van der Waals surface area contributed by atoms with Crippen LogP contribution in [0.25, 0.3) is 0 Å². The summed E-state index contributed by atoms with van der Waals surface area (Å²) in [6.07, 6.45) is 2.02. The van der Waals surface area contributed by atoms with Gasteiger partial charge in [-0.15, -0.1) is 0 Å². The third-order valence-electron chi connectivity index (χ3n) is 3.83. The summed E-state index contributed by atoms with van der Waals surface area (Å²) in [5.74, 6) is 0.690. The van der Waals surface area contributed by atoms with Crippen LogP contribution in [0.4, 0.5) is 0 Å². The van der Waals surface area contributed by atoms with Gasteiger partial charge in [-0.3, -0.25) is 4.79 Å². The largest absolute Gasteiger partial charge is 0.481 e. The lowest BCUT2D eigenvalue weighted by molar-refractivity contribution is -0.128. The van der Waals surface area contributed by atoms with Gasteiger partial charge in [0.15, 0.2) is 6.10 Å². The number of hydrogen-bond donors (Lipinski definition) is 1. The first-order valence-electron chi connectivity index (χ1n) is 8.30. The van der Waals surface area contributed by atoms with Crippen molar-refractivity contribution in [3.05, 3.63) is 65.7 Å². The van der Waals surface area contributed by atoms with Gasteiger partial charge in [0.2, 0.25) is 0 Å².